The van der Waals surface area contributed by atoms with Crippen molar-refractivity contribution in [1.29, 1.82) is 0 Å². The number of hydrogen-bond acceptors (Lipinski definition) is 6. The minimum absolute atomic E-state index is 0.00129. The maximum Gasteiger partial charge on any atom is 0.330 e. The summed E-state index contributed by atoms with van der Waals surface area (Å²) in [5.74, 6) is -0.801. The number of carbonyl (C=O) groups excluding carboxylic acids is 2. The van der Waals surface area contributed by atoms with Crippen LogP contribution < -0.4 is 27.2 Å². The molecule has 34 heavy (non-hydrogen) atoms. The van der Waals surface area contributed by atoms with Crippen LogP contribution in [0.1, 0.15) is 11.1 Å². The first-order valence-corrected chi connectivity index (χ1v) is 10.6. The molecule has 4 N–H and O–H groups in total. The van der Waals surface area contributed by atoms with Crippen molar-refractivity contribution >= 4 is 29.0 Å². The molecule has 0 spiro atoms. The van der Waals surface area contributed by atoms with Crippen LogP contribution in [0, 0.1) is 6.92 Å². The van der Waals surface area contributed by atoms with Gasteiger partial charge in [-0.25, -0.2) is 4.79 Å². The van der Waals surface area contributed by atoms with Crippen LogP contribution in [-0.4, -0.2) is 53.5 Å². The maximum atomic E-state index is 12.7. The Morgan fingerprint density at radius 2 is 1.65 bits per heavy atom. The molecular formula is C24H28N6O4. The lowest BCUT2D eigenvalue weighted by atomic mass is 10.2. The first kappa shape index (κ1) is 24.3. The van der Waals surface area contributed by atoms with E-state index in [-0.39, 0.29) is 37.0 Å². The highest BCUT2D eigenvalue weighted by molar-refractivity contribution is 5.95. The molecule has 1 aromatic heterocycles. The summed E-state index contributed by atoms with van der Waals surface area (Å²) in [6, 6.07) is 16.5. The Bertz CT molecular complexity index is 1280. The molecule has 0 radical (unpaired) electrons. The number of likely N-dealkylation sites (N-methyl/N-ethyl adjacent to an activating group) is 2. The van der Waals surface area contributed by atoms with E-state index in [1.165, 1.54) is 28.5 Å². The molecule has 0 aliphatic rings. The van der Waals surface area contributed by atoms with Gasteiger partial charge in [0.25, 0.3) is 5.56 Å². The Balaban J connectivity index is 1.69. The summed E-state index contributed by atoms with van der Waals surface area (Å²) in [4.78, 5) is 54.7. The molecule has 0 aliphatic heterocycles. The number of amides is 2. The standard InChI is InChI=1S/C24H28N6O4/c1-16-9-11-18(12-10-16)26-19(31)14-28(2)20(32)15-29(3)21-22(25)30(24(34)27-23(21)33)13-17-7-5-4-6-8-17/h4-12H,13-15,25H2,1-3H3,(H,26,31)(H,27,33,34). The summed E-state index contributed by atoms with van der Waals surface area (Å²) >= 11 is 0. The summed E-state index contributed by atoms with van der Waals surface area (Å²) in [6.45, 7) is 1.72. The lowest BCUT2D eigenvalue weighted by Crippen LogP contribution is -2.43. The van der Waals surface area contributed by atoms with Gasteiger partial charge in [0.2, 0.25) is 11.8 Å². The van der Waals surface area contributed by atoms with Crippen LogP contribution in [0.4, 0.5) is 17.2 Å². The van der Waals surface area contributed by atoms with Crippen LogP contribution in [0.25, 0.3) is 0 Å². The minimum Gasteiger partial charge on any atom is -0.383 e. The van der Waals surface area contributed by atoms with E-state index in [1.54, 1.807) is 12.1 Å². The number of nitrogen functional groups attached to an aromatic ring is 1. The summed E-state index contributed by atoms with van der Waals surface area (Å²) < 4.78 is 1.24. The van der Waals surface area contributed by atoms with E-state index in [4.69, 9.17) is 5.73 Å². The van der Waals surface area contributed by atoms with Crippen molar-refractivity contribution in [2.75, 3.05) is 43.1 Å². The number of carbonyl (C=O) groups is 2. The monoisotopic (exact) mass is 464 g/mol. The molecule has 178 valence electrons. The van der Waals surface area contributed by atoms with Crippen LogP contribution in [0.2, 0.25) is 0 Å². The van der Waals surface area contributed by atoms with Gasteiger partial charge in [-0.2, -0.15) is 0 Å². The van der Waals surface area contributed by atoms with Crippen molar-refractivity contribution in [2.45, 2.75) is 13.5 Å². The Morgan fingerprint density at radius 1 is 1.00 bits per heavy atom. The van der Waals surface area contributed by atoms with E-state index in [0.29, 0.717) is 5.69 Å². The second-order valence-corrected chi connectivity index (χ2v) is 8.08. The molecule has 10 nitrogen and oxygen atoms in total. The fraction of sp³-hybridized carbons (Fsp3) is 0.250. The average molecular weight is 465 g/mol. The second kappa shape index (κ2) is 10.5. The third kappa shape index (κ3) is 5.91. The molecule has 2 amide bonds. The molecule has 0 unspecified atom stereocenters. The van der Waals surface area contributed by atoms with Gasteiger partial charge in [-0.1, -0.05) is 48.0 Å². The van der Waals surface area contributed by atoms with Crippen molar-refractivity contribution in [3.05, 3.63) is 86.6 Å². The Hall–Kier alpha value is -4.34. The molecule has 0 fully saturated rings. The van der Waals surface area contributed by atoms with Crippen molar-refractivity contribution < 1.29 is 9.59 Å². The largest absolute Gasteiger partial charge is 0.383 e. The van der Waals surface area contributed by atoms with E-state index >= 15 is 0 Å². The lowest BCUT2D eigenvalue weighted by molar-refractivity contribution is -0.132. The molecule has 0 saturated carbocycles. The molecule has 3 aromatic rings. The number of anilines is 3. The number of nitrogens with two attached hydrogens (primary N) is 1. The molecule has 0 atom stereocenters. The van der Waals surface area contributed by atoms with Gasteiger partial charge >= 0.3 is 5.69 Å². The number of H-pyrrole nitrogens is 1. The van der Waals surface area contributed by atoms with E-state index < -0.39 is 17.2 Å². The molecule has 10 heteroatoms. The van der Waals surface area contributed by atoms with Gasteiger partial charge in [-0.3, -0.25) is 23.9 Å². The van der Waals surface area contributed by atoms with Gasteiger partial charge in [0.05, 0.1) is 19.6 Å². The highest BCUT2D eigenvalue weighted by Gasteiger charge is 2.21. The lowest BCUT2D eigenvalue weighted by Gasteiger charge is -2.24. The molecule has 0 saturated heterocycles. The number of nitrogens with zero attached hydrogens (tertiary/aromatic N) is 3. The van der Waals surface area contributed by atoms with E-state index in [0.717, 1.165) is 11.1 Å². The van der Waals surface area contributed by atoms with Crippen LogP contribution in [0.15, 0.2) is 64.2 Å². The first-order valence-electron chi connectivity index (χ1n) is 10.6. The Labute approximate surface area is 196 Å². The summed E-state index contributed by atoms with van der Waals surface area (Å²) in [6.07, 6.45) is 0. The average Bonchev–Trinajstić information content (AvgIpc) is 2.78. The van der Waals surface area contributed by atoms with Crippen molar-refractivity contribution in [3.63, 3.8) is 0 Å². The summed E-state index contributed by atoms with van der Waals surface area (Å²) in [5.41, 5.74) is 7.37. The van der Waals surface area contributed by atoms with Crippen molar-refractivity contribution in [3.8, 4) is 0 Å². The molecule has 0 bridgehead atoms. The number of benzene rings is 2. The Morgan fingerprint density at radius 3 is 2.29 bits per heavy atom. The van der Waals surface area contributed by atoms with Crippen molar-refractivity contribution in [1.82, 2.24) is 14.5 Å². The van der Waals surface area contributed by atoms with Crippen LogP contribution in [0.3, 0.4) is 0 Å². The van der Waals surface area contributed by atoms with Crippen LogP contribution in [0.5, 0.6) is 0 Å². The topological polar surface area (TPSA) is 134 Å². The first-order chi connectivity index (χ1) is 16.2. The smallest absolute Gasteiger partial charge is 0.330 e. The second-order valence-electron chi connectivity index (χ2n) is 8.08. The van der Waals surface area contributed by atoms with Gasteiger partial charge in [0, 0.05) is 19.8 Å². The van der Waals surface area contributed by atoms with Gasteiger partial charge in [0.1, 0.15) is 11.5 Å². The van der Waals surface area contributed by atoms with Gasteiger partial charge in [-0.15, -0.1) is 0 Å². The summed E-state index contributed by atoms with van der Waals surface area (Å²) in [7, 11) is 3.02. The zero-order valence-corrected chi connectivity index (χ0v) is 19.4. The molecule has 0 aliphatic carbocycles. The fourth-order valence-electron chi connectivity index (χ4n) is 3.41. The quantitative estimate of drug-likeness (QED) is 0.456. The third-order valence-corrected chi connectivity index (χ3v) is 5.29. The van der Waals surface area contributed by atoms with E-state index in [1.807, 2.05) is 49.4 Å². The SMILES string of the molecule is Cc1ccc(NC(=O)CN(C)C(=O)CN(C)c2c(N)n(Cc3ccccc3)c(=O)[nH]c2=O)cc1. The fourth-order valence-corrected chi connectivity index (χ4v) is 3.41. The number of nitrogens with one attached hydrogen (secondary N) is 2. The van der Waals surface area contributed by atoms with Gasteiger partial charge < -0.3 is 20.9 Å². The highest BCUT2D eigenvalue weighted by Crippen LogP contribution is 2.16. The molecular weight excluding hydrogens is 436 g/mol. The van der Waals surface area contributed by atoms with Gasteiger partial charge in [-0.05, 0) is 24.6 Å². The Kier molecular flexibility index (Phi) is 7.52. The zero-order chi connectivity index (χ0) is 24.8. The van der Waals surface area contributed by atoms with E-state index in [2.05, 4.69) is 10.3 Å². The molecule has 2 aromatic carbocycles. The summed E-state index contributed by atoms with van der Waals surface area (Å²) in [5, 5.41) is 2.74. The predicted molar refractivity (Wildman–Crippen MR) is 132 cm³/mol. The van der Waals surface area contributed by atoms with Gasteiger partial charge in [0.15, 0.2) is 0 Å². The number of rotatable bonds is 8. The molecule has 3 rings (SSSR count). The number of aryl methyl sites for hydroxylation is 1. The number of hydrogen-bond donors (Lipinski definition) is 3. The molecule has 1 heterocycles. The third-order valence-electron chi connectivity index (χ3n) is 5.29. The van der Waals surface area contributed by atoms with Crippen LogP contribution >= 0.6 is 0 Å². The maximum absolute atomic E-state index is 12.7. The number of aromatic amines is 1. The van der Waals surface area contributed by atoms with E-state index in [9.17, 15) is 19.2 Å². The minimum atomic E-state index is -0.693. The zero-order valence-electron chi connectivity index (χ0n) is 19.4. The highest BCUT2D eigenvalue weighted by atomic mass is 16.2. The predicted octanol–water partition coefficient (Wildman–Crippen LogP) is 1.01. The van der Waals surface area contributed by atoms with Crippen LogP contribution in [-0.2, 0) is 16.1 Å². The van der Waals surface area contributed by atoms with Crippen molar-refractivity contribution in [2.24, 2.45) is 0 Å². The number of aromatic nitrogens is 2. The normalized spacial score (nSPS) is 10.6.